The minimum atomic E-state index is 0.0733. The van der Waals surface area contributed by atoms with Crippen LogP contribution in [-0.2, 0) is 0 Å². The molecule has 0 amide bonds. The first kappa shape index (κ1) is 12.7. The zero-order valence-electron chi connectivity index (χ0n) is 11.9. The highest BCUT2D eigenvalue weighted by Gasteiger charge is 2.32. The average Bonchev–Trinajstić information content (AvgIpc) is 2.71. The molecular weight excluding hydrogens is 252 g/mol. The Labute approximate surface area is 118 Å². The van der Waals surface area contributed by atoms with Crippen molar-refractivity contribution in [1.29, 1.82) is 0 Å². The van der Waals surface area contributed by atoms with E-state index in [0.29, 0.717) is 5.75 Å². The highest BCUT2D eigenvalue weighted by molar-refractivity contribution is 5.77. The van der Waals surface area contributed by atoms with E-state index in [1.165, 1.54) is 11.4 Å². The molecule has 3 rings (SSSR count). The van der Waals surface area contributed by atoms with Crippen molar-refractivity contribution in [2.24, 2.45) is 0 Å². The van der Waals surface area contributed by atoms with Gasteiger partial charge in [-0.1, -0.05) is 18.2 Å². The van der Waals surface area contributed by atoms with Crippen molar-refractivity contribution >= 4 is 11.4 Å². The Kier molecular flexibility index (Phi) is 2.93. The van der Waals surface area contributed by atoms with E-state index in [0.717, 1.165) is 5.56 Å². The Morgan fingerprint density at radius 1 is 1.00 bits per heavy atom. The average molecular weight is 270 g/mol. The molecule has 0 fully saturated rings. The van der Waals surface area contributed by atoms with Gasteiger partial charge in [0, 0.05) is 14.1 Å². The molecule has 0 atom stereocenters. The van der Waals surface area contributed by atoms with Crippen molar-refractivity contribution in [2.75, 3.05) is 31.0 Å². The maximum atomic E-state index is 9.98. The van der Waals surface area contributed by atoms with Crippen molar-refractivity contribution in [3.63, 3.8) is 0 Å². The van der Waals surface area contributed by atoms with Crippen LogP contribution in [0.5, 0.6) is 11.5 Å². The number of ether oxygens (including phenoxy) is 1. The lowest BCUT2D eigenvalue weighted by atomic mass is 10.1. The smallest absolute Gasteiger partial charge is 0.160 e. The summed E-state index contributed by atoms with van der Waals surface area (Å²) < 4.78 is 5.10. The summed E-state index contributed by atoms with van der Waals surface area (Å²) in [5.74, 6) is 0.664. The fourth-order valence-electron chi connectivity index (χ4n) is 2.90. The van der Waals surface area contributed by atoms with Crippen molar-refractivity contribution in [3.8, 4) is 11.5 Å². The zero-order chi connectivity index (χ0) is 14.3. The van der Waals surface area contributed by atoms with E-state index < -0.39 is 0 Å². The summed E-state index contributed by atoms with van der Waals surface area (Å²) in [7, 11) is 5.68. The molecule has 2 aromatic rings. The Morgan fingerprint density at radius 2 is 1.60 bits per heavy atom. The van der Waals surface area contributed by atoms with E-state index in [1.807, 2.05) is 18.2 Å². The zero-order valence-corrected chi connectivity index (χ0v) is 11.9. The maximum absolute atomic E-state index is 9.98. The number of nitrogens with zero attached hydrogens (tertiary/aromatic N) is 2. The van der Waals surface area contributed by atoms with Crippen LogP contribution in [0.25, 0.3) is 0 Å². The Bertz CT molecular complexity index is 613. The van der Waals surface area contributed by atoms with E-state index in [2.05, 4.69) is 36.0 Å². The van der Waals surface area contributed by atoms with Crippen LogP contribution in [0.15, 0.2) is 42.5 Å². The van der Waals surface area contributed by atoms with Gasteiger partial charge < -0.3 is 19.6 Å². The van der Waals surface area contributed by atoms with Gasteiger partial charge in [0.1, 0.15) is 6.17 Å². The van der Waals surface area contributed by atoms with Crippen molar-refractivity contribution in [3.05, 3.63) is 48.0 Å². The SMILES string of the molecule is COc1ccc(C2N(C)c3ccccc3N2C)cc1O. The largest absolute Gasteiger partial charge is 0.504 e. The summed E-state index contributed by atoms with van der Waals surface area (Å²) in [6.45, 7) is 0. The van der Waals surface area contributed by atoms with Crippen LogP contribution in [0.2, 0.25) is 0 Å². The fourth-order valence-corrected chi connectivity index (χ4v) is 2.90. The number of phenolic OH excluding ortho intramolecular Hbond substituents is 1. The van der Waals surface area contributed by atoms with Crippen molar-refractivity contribution < 1.29 is 9.84 Å². The van der Waals surface area contributed by atoms with E-state index in [1.54, 1.807) is 19.2 Å². The lowest BCUT2D eigenvalue weighted by Crippen LogP contribution is -2.30. The lowest BCUT2D eigenvalue weighted by molar-refractivity contribution is 0.372. The number of rotatable bonds is 2. The molecule has 104 valence electrons. The highest BCUT2D eigenvalue weighted by atomic mass is 16.5. The van der Waals surface area contributed by atoms with E-state index in [9.17, 15) is 5.11 Å². The molecule has 0 aromatic heterocycles. The van der Waals surface area contributed by atoms with Crippen LogP contribution in [0, 0.1) is 0 Å². The summed E-state index contributed by atoms with van der Waals surface area (Å²) in [6.07, 6.45) is 0.0733. The third kappa shape index (κ3) is 1.76. The van der Waals surface area contributed by atoms with Gasteiger partial charge in [-0.05, 0) is 29.8 Å². The van der Waals surface area contributed by atoms with Crippen LogP contribution in [0.4, 0.5) is 11.4 Å². The maximum Gasteiger partial charge on any atom is 0.160 e. The normalized spacial score (nSPS) is 14.6. The minimum Gasteiger partial charge on any atom is -0.504 e. The Hall–Kier alpha value is -2.36. The van der Waals surface area contributed by atoms with E-state index in [4.69, 9.17) is 4.74 Å². The summed E-state index contributed by atoms with van der Waals surface area (Å²) in [4.78, 5) is 4.41. The van der Waals surface area contributed by atoms with Crippen LogP contribution < -0.4 is 14.5 Å². The molecule has 0 bridgehead atoms. The van der Waals surface area contributed by atoms with E-state index >= 15 is 0 Å². The predicted octanol–water partition coefficient (Wildman–Crippen LogP) is 2.99. The molecular formula is C16H18N2O2. The van der Waals surface area contributed by atoms with Crippen LogP contribution in [0.3, 0.4) is 0 Å². The van der Waals surface area contributed by atoms with Gasteiger partial charge in [0.25, 0.3) is 0 Å². The number of hydrogen-bond donors (Lipinski definition) is 1. The number of para-hydroxylation sites is 2. The Morgan fingerprint density at radius 3 is 2.10 bits per heavy atom. The molecule has 0 aliphatic carbocycles. The topological polar surface area (TPSA) is 35.9 Å². The molecule has 0 spiro atoms. The first-order valence-corrected chi connectivity index (χ1v) is 6.55. The molecule has 0 saturated carbocycles. The highest BCUT2D eigenvalue weighted by Crippen LogP contribution is 2.45. The molecule has 20 heavy (non-hydrogen) atoms. The molecule has 1 heterocycles. The minimum absolute atomic E-state index is 0.0733. The Balaban J connectivity index is 2.02. The van der Waals surface area contributed by atoms with Crippen molar-refractivity contribution in [2.45, 2.75) is 6.17 Å². The van der Waals surface area contributed by atoms with Gasteiger partial charge in [0.2, 0.25) is 0 Å². The van der Waals surface area contributed by atoms with Crippen LogP contribution >= 0.6 is 0 Å². The fraction of sp³-hybridized carbons (Fsp3) is 0.250. The summed E-state index contributed by atoms with van der Waals surface area (Å²) in [5, 5.41) is 9.98. The van der Waals surface area contributed by atoms with Gasteiger partial charge in [-0.2, -0.15) is 0 Å². The van der Waals surface area contributed by atoms with Gasteiger partial charge in [0.15, 0.2) is 11.5 Å². The van der Waals surface area contributed by atoms with Gasteiger partial charge in [-0.3, -0.25) is 0 Å². The second kappa shape index (κ2) is 4.63. The van der Waals surface area contributed by atoms with Gasteiger partial charge in [0.05, 0.1) is 18.5 Å². The number of hydrogen-bond acceptors (Lipinski definition) is 4. The van der Waals surface area contributed by atoms with Crippen molar-refractivity contribution in [1.82, 2.24) is 0 Å². The number of methoxy groups -OCH3 is 1. The van der Waals surface area contributed by atoms with Gasteiger partial charge in [-0.15, -0.1) is 0 Å². The molecule has 1 aliphatic rings. The molecule has 0 radical (unpaired) electrons. The third-order valence-corrected chi connectivity index (χ3v) is 3.88. The monoisotopic (exact) mass is 270 g/mol. The van der Waals surface area contributed by atoms with Gasteiger partial charge in [-0.25, -0.2) is 0 Å². The quantitative estimate of drug-likeness (QED) is 0.910. The lowest BCUT2D eigenvalue weighted by Gasteiger charge is -2.28. The second-order valence-corrected chi connectivity index (χ2v) is 5.02. The summed E-state index contributed by atoms with van der Waals surface area (Å²) in [6, 6.07) is 13.8. The van der Waals surface area contributed by atoms with Crippen LogP contribution in [0.1, 0.15) is 11.7 Å². The number of phenols is 1. The van der Waals surface area contributed by atoms with Gasteiger partial charge >= 0.3 is 0 Å². The predicted molar refractivity (Wildman–Crippen MR) is 80.6 cm³/mol. The number of anilines is 2. The summed E-state index contributed by atoms with van der Waals surface area (Å²) >= 11 is 0. The molecule has 2 aromatic carbocycles. The van der Waals surface area contributed by atoms with Crippen LogP contribution in [-0.4, -0.2) is 26.3 Å². The molecule has 4 heteroatoms. The first-order chi connectivity index (χ1) is 9.63. The number of benzene rings is 2. The molecule has 1 N–H and O–H groups in total. The molecule has 1 aliphatic heterocycles. The summed E-state index contributed by atoms with van der Waals surface area (Å²) in [5.41, 5.74) is 3.41. The van der Waals surface area contributed by atoms with E-state index in [-0.39, 0.29) is 11.9 Å². The number of fused-ring (bicyclic) bond motifs is 1. The first-order valence-electron chi connectivity index (χ1n) is 6.55. The number of aromatic hydroxyl groups is 1. The molecule has 4 nitrogen and oxygen atoms in total. The third-order valence-electron chi connectivity index (χ3n) is 3.88. The standard InChI is InChI=1S/C16H18N2O2/c1-17-12-6-4-5-7-13(12)18(2)16(17)11-8-9-15(20-3)14(19)10-11/h4-10,16,19H,1-3H3. The molecule has 0 unspecified atom stereocenters. The molecule has 0 saturated heterocycles. The second-order valence-electron chi connectivity index (χ2n) is 5.02.